The van der Waals surface area contributed by atoms with Crippen molar-refractivity contribution in [1.82, 2.24) is 0 Å². The molecular formula is C31H46F2O2. The molecule has 196 valence electrons. The van der Waals surface area contributed by atoms with Crippen LogP contribution in [0, 0.1) is 54.1 Å². The summed E-state index contributed by atoms with van der Waals surface area (Å²) in [6, 6.07) is 2.81. The van der Waals surface area contributed by atoms with E-state index < -0.39 is 17.6 Å². The number of esters is 1. The van der Waals surface area contributed by atoms with Crippen molar-refractivity contribution < 1.29 is 18.3 Å². The fourth-order valence-corrected chi connectivity index (χ4v) is 7.47. The van der Waals surface area contributed by atoms with Gasteiger partial charge in [-0.25, -0.2) is 4.39 Å². The smallest absolute Gasteiger partial charge is 0.314 e. The molecule has 4 heteroatoms. The average Bonchev–Trinajstić information content (AvgIpc) is 2.88. The predicted octanol–water partition coefficient (Wildman–Crippen LogP) is 9.18. The van der Waals surface area contributed by atoms with Gasteiger partial charge in [0.25, 0.3) is 0 Å². The molecule has 0 amide bonds. The minimum absolute atomic E-state index is 0.195. The molecule has 0 radical (unpaired) electrons. The van der Waals surface area contributed by atoms with Gasteiger partial charge in [0.2, 0.25) is 5.82 Å². The van der Waals surface area contributed by atoms with E-state index in [1.54, 1.807) is 0 Å². The lowest BCUT2D eigenvalue weighted by Crippen LogP contribution is -2.35. The van der Waals surface area contributed by atoms with Crippen LogP contribution in [0.5, 0.6) is 5.75 Å². The summed E-state index contributed by atoms with van der Waals surface area (Å²) < 4.78 is 33.2. The third kappa shape index (κ3) is 6.86. The molecule has 0 aliphatic heterocycles. The lowest BCUT2D eigenvalue weighted by atomic mass is 9.60. The van der Waals surface area contributed by atoms with E-state index in [1.807, 2.05) is 0 Å². The molecule has 0 aromatic heterocycles. The molecule has 2 nitrogen and oxygen atoms in total. The maximum absolute atomic E-state index is 14.1. The van der Waals surface area contributed by atoms with E-state index in [9.17, 15) is 13.6 Å². The van der Waals surface area contributed by atoms with Gasteiger partial charge in [0.15, 0.2) is 11.6 Å². The molecule has 0 saturated heterocycles. The van der Waals surface area contributed by atoms with E-state index in [-0.39, 0.29) is 17.2 Å². The van der Waals surface area contributed by atoms with Crippen LogP contribution in [0.4, 0.5) is 8.78 Å². The highest BCUT2D eigenvalue weighted by molar-refractivity contribution is 5.75. The molecule has 0 spiro atoms. The SMILES string of the molecule is CCCCCCCC1CCC2CC(C3CCC(C(=O)Oc4ccc(C)c(F)c4F)CC3)CCC2C1. The normalized spacial score (nSPS) is 31.1. The molecule has 0 heterocycles. The topological polar surface area (TPSA) is 26.3 Å². The largest absolute Gasteiger partial charge is 0.423 e. The van der Waals surface area contributed by atoms with E-state index in [1.165, 1.54) is 96.1 Å². The molecule has 1 aromatic rings. The van der Waals surface area contributed by atoms with E-state index in [2.05, 4.69) is 6.92 Å². The van der Waals surface area contributed by atoms with Crippen molar-refractivity contribution in [1.29, 1.82) is 0 Å². The van der Waals surface area contributed by atoms with Crippen LogP contribution < -0.4 is 4.74 Å². The third-order valence-corrected chi connectivity index (χ3v) is 9.70. The summed E-state index contributed by atoms with van der Waals surface area (Å²) in [6.07, 6.45) is 20.7. The summed E-state index contributed by atoms with van der Waals surface area (Å²) in [6.45, 7) is 3.79. The standard InChI is InChI=1S/C31H46F2O2/c1-3-4-5-6-7-8-22-10-11-27-20-26(17-16-25(27)19-22)23-12-14-24(15-13-23)31(34)35-28-18-9-21(2)29(32)30(28)33/h9,18,22-27H,3-8,10-17,19-20H2,1-2H3. The molecule has 3 aliphatic rings. The van der Waals surface area contributed by atoms with Crippen molar-refractivity contribution in [2.75, 3.05) is 0 Å². The third-order valence-electron chi connectivity index (χ3n) is 9.70. The predicted molar refractivity (Wildman–Crippen MR) is 137 cm³/mol. The fraction of sp³-hybridized carbons (Fsp3) is 0.774. The average molecular weight is 489 g/mol. The van der Waals surface area contributed by atoms with Crippen LogP contribution >= 0.6 is 0 Å². The molecule has 4 unspecified atom stereocenters. The summed E-state index contributed by atoms with van der Waals surface area (Å²) >= 11 is 0. The highest BCUT2D eigenvalue weighted by Crippen LogP contribution is 2.49. The zero-order chi connectivity index (χ0) is 24.8. The Kier molecular flexibility index (Phi) is 9.64. The van der Waals surface area contributed by atoms with Crippen molar-refractivity contribution in [3.63, 3.8) is 0 Å². The van der Waals surface area contributed by atoms with Crippen molar-refractivity contribution in [3.05, 3.63) is 29.3 Å². The molecule has 3 saturated carbocycles. The number of carbonyl (C=O) groups is 1. The van der Waals surface area contributed by atoms with Gasteiger partial charge in [0, 0.05) is 0 Å². The van der Waals surface area contributed by atoms with Crippen LogP contribution in [0.2, 0.25) is 0 Å². The number of unbranched alkanes of at least 4 members (excludes halogenated alkanes) is 4. The van der Waals surface area contributed by atoms with Gasteiger partial charge < -0.3 is 4.74 Å². The van der Waals surface area contributed by atoms with E-state index in [4.69, 9.17) is 4.74 Å². The molecule has 3 fully saturated rings. The quantitative estimate of drug-likeness (QED) is 0.197. The Morgan fingerprint density at radius 3 is 2.17 bits per heavy atom. The second kappa shape index (κ2) is 12.7. The van der Waals surface area contributed by atoms with Gasteiger partial charge in [0.05, 0.1) is 5.92 Å². The summed E-state index contributed by atoms with van der Waals surface area (Å²) in [5, 5.41) is 0. The summed E-state index contributed by atoms with van der Waals surface area (Å²) in [5.74, 6) is 1.50. The Bertz CT molecular complexity index is 830. The Hall–Kier alpha value is -1.45. The first kappa shape index (κ1) is 26.6. The number of ether oxygens (including phenoxy) is 1. The Balaban J connectivity index is 1.18. The number of fused-ring (bicyclic) bond motifs is 1. The van der Waals surface area contributed by atoms with Crippen LogP contribution in [0.15, 0.2) is 12.1 Å². The van der Waals surface area contributed by atoms with Crippen LogP contribution in [-0.2, 0) is 4.79 Å². The molecule has 35 heavy (non-hydrogen) atoms. The van der Waals surface area contributed by atoms with Crippen molar-refractivity contribution in [2.45, 2.75) is 117 Å². The van der Waals surface area contributed by atoms with E-state index in [0.717, 1.165) is 49.4 Å². The van der Waals surface area contributed by atoms with Crippen molar-refractivity contribution in [3.8, 4) is 5.75 Å². The minimum Gasteiger partial charge on any atom is -0.423 e. The molecule has 4 atom stereocenters. The van der Waals surface area contributed by atoms with Crippen LogP contribution in [0.3, 0.4) is 0 Å². The number of aryl methyl sites for hydroxylation is 1. The zero-order valence-electron chi connectivity index (χ0n) is 22.0. The molecule has 4 rings (SSSR count). The molecule has 0 N–H and O–H groups in total. The summed E-state index contributed by atoms with van der Waals surface area (Å²) in [4.78, 5) is 12.6. The number of hydrogen-bond donors (Lipinski definition) is 0. The Morgan fingerprint density at radius 1 is 0.800 bits per heavy atom. The van der Waals surface area contributed by atoms with Gasteiger partial charge in [-0.1, -0.05) is 57.9 Å². The van der Waals surface area contributed by atoms with Crippen LogP contribution in [0.25, 0.3) is 0 Å². The van der Waals surface area contributed by atoms with Gasteiger partial charge in [-0.05, 0) is 106 Å². The molecule has 3 aliphatic carbocycles. The first-order chi connectivity index (χ1) is 17.0. The number of halogens is 2. The number of hydrogen-bond acceptors (Lipinski definition) is 2. The second-order valence-corrected chi connectivity index (χ2v) is 12.0. The number of carbonyl (C=O) groups excluding carboxylic acids is 1. The summed E-state index contributed by atoms with van der Waals surface area (Å²) in [5.41, 5.74) is 0.216. The molecular weight excluding hydrogens is 442 g/mol. The second-order valence-electron chi connectivity index (χ2n) is 12.0. The van der Waals surface area contributed by atoms with Crippen LogP contribution in [-0.4, -0.2) is 5.97 Å². The van der Waals surface area contributed by atoms with Crippen LogP contribution in [0.1, 0.15) is 115 Å². The maximum Gasteiger partial charge on any atom is 0.314 e. The Labute approximate surface area is 211 Å². The molecule has 1 aromatic carbocycles. The lowest BCUT2D eigenvalue weighted by Gasteiger charge is -2.45. The van der Waals surface area contributed by atoms with Gasteiger partial charge >= 0.3 is 5.97 Å². The minimum atomic E-state index is -1.06. The maximum atomic E-state index is 14.1. The van der Waals surface area contributed by atoms with Crippen molar-refractivity contribution in [2.24, 2.45) is 35.5 Å². The highest BCUT2D eigenvalue weighted by atomic mass is 19.2. The highest BCUT2D eigenvalue weighted by Gasteiger charge is 2.39. The fourth-order valence-electron chi connectivity index (χ4n) is 7.47. The first-order valence-electron chi connectivity index (χ1n) is 14.6. The summed E-state index contributed by atoms with van der Waals surface area (Å²) in [7, 11) is 0. The number of benzene rings is 1. The zero-order valence-corrected chi connectivity index (χ0v) is 22.0. The number of rotatable bonds is 9. The lowest BCUT2D eigenvalue weighted by molar-refractivity contribution is -0.140. The van der Waals surface area contributed by atoms with Gasteiger partial charge in [-0.3, -0.25) is 4.79 Å². The van der Waals surface area contributed by atoms with Gasteiger partial charge in [-0.15, -0.1) is 0 Å². The monoisotopic (exact) mass is 488 g/mol. The van der Waals surface area contributed by atoms with Gasteiger partial charge in [0.1, 0.15) is 0 Å². The first-order valence-corrected chi connectivity index (χ1v) is 14.6. The van der Waals surface area contributed by atoms with Crippen molar-refractivity contribution >= 4 is 5.97 Å². The van der Waals surface area contributed by atoms with E-state index in [0.29, 0.717) is 5.92 Å². The molecule has 0 bridgehead atoms. The van der Waals surface area contributed by atoms with Gasteiger partial charge in [-0.2, -0.15) is 4.39 Å². The van der Waals surface area contributed by atoms with E-state index >= 15 is 0 Å². The Morgan fingerprint density at radius 2 is 1.43 bits per heavy atom.